The molecule has 1 fully saturated rings. The Morgan fingerprint density at radius 1 is 1.36 bits per heavy atom. The number of oxazole rings is 1. The smallest absolute Gasteiger partial charge is 0.226 e. The fourth-order valence-electron chi connectivity index (χ4n) is 3.13. The van der Waals surface area contributed by atoms with Gasteiger partial charge in [0.2, 0.25) is 5.89 Å². The predicted octanol–water partition coefficient (Wildman–Crippen LogP) is 2.73. The maximum atomic E-state index is 10.4. The standard InChI is InChI=1S/C17H22N2O3/c1-12-13(16-18-9-10-22-16)5-4-6-14(12)19-11-15(20)17(21)7-2-3-8-17/h4-6,9-10,15,19-21H,2-3,7-8,11H2,1H3. The molecule has 1 saturated carbocycles. The summed E-state index contributed by atoms with van der Waals surface area (Å²) in [6, 6.07) is 5.83. The van der Waals surface area contributed by atoms with E-state index in [0.29, 0.717) is 25.3 Å². The number of nitrogens with one attached hydrogen (secondary N) is 1. The molecule has 3 rings (SSSR count). The molecule has 0 amide bonds. The zero-order chi connectivity index (χ0) is 15.6. The van der Waals surface area contributed by atoms with Crippen LogP contribution in [0.25, 0.3) is 11.5 Å². The molecular weight excluding hydrogens is 280 g/mol. The van der Waals surface area contributed by atoms with Crippen molar-refractivity contribution in [3.63, 3.8) is 0 Å². The van der Waals surface area contributed by atoms with Crippen LogP contribution in [0, 0.1) is 6.92 Å². The van der Waals surface area contributed by atoms with E-state index in [1.165, 1.54) is 0 Å². The van der Waals surface area contributed by atoms with Crippen molar-refractivity contribution in [1.29, 1.82) is 0 Å². The van der Waals surface area contributed by atoms with E-state index in [1.54, 1.807) is 12.5 Å². The van der Waals surface area contributed by atoms with Gasteiger partial charge < -0.3 is 19.9 Å². The summed E-state index contributed by atoms with van der Waals surface area (Å²) in [6.07, 6.45) is 5.71. The normalized spacial score (nSPS) is 18.3. The van der Waals surface area contributed by atoms with E-state index in [9.17, 15) is 10.2 Å². The Bertz CT molecular complexity index is 619. The molecule has 2 aromatic rings. The number of nitrogens with zero attached hydrogens (tertiary/aromatic N) is 1. The number of aromatic nitrogens is 1. The maximum Gasteiger partial charge on any atom is 0.226 e. The lowest BCUT2D eigenvalue weighted by Crippen LogP contribution is -2.43. The van der Waals surface area contributed by atoms with E-state index in [2.05, 4.69) is 10.3 Å². The molecule has 1 aliphatic rings. The lowest BCUT2D eigenvalue weighted by Gasteiger charge is -2.29. The van der Waals surface area contributed by atoms with Gasteiger partial charge in [-0.2, -0.15) is 0 Å². The molecule has 1 aromatic heterocycles. The summed E-state index contributed by atoms with van der Waals surface area (Å²) in [5.41, 5.74) is 1.90. The molecule has 0 spiro atoms. The Balaban J connectivity index is 1.72. The van der Waals surface area contributed by atoms with Gasteiger partial charge in [0, 0.05) is 17.8 Å². The number of hydrogen-bond donors (Lipinski definition) is 3. The van der Waals surface area contributed by atoms with E-state index in [0.717, 1.165) is 29.7 Å². The number of aliphatic hydroxyl groups excluding tert-OH is 1. The molecule has 5 heteroatoms. The summed E-state index contributed by atoms with van der Waals surface area (Å²) in [7, 11) is 0. The van der Waals surface area contributed by atoms with Crippen molar-refractivity contribution < 1.29 is 14.6 Å². The fourth-order valence-corrected chi connectivity index (χ4v) is 3.13. The third-order valence-corrected chi connectivity index (χ3v) is 4.57. The largest absolute Gasteiger partial charge is 0.445 e. The summed E-state index contributed by atoms with van der Waals surface area (Å²) < 4.78 is 5.35. The molecule has 1 aliphatic carbocycles. The number of hydrogen-bond acceptors (Lipinski definition) is 5. The first-order chi connectivity index (χ1) is 10.6. The van der Waals surface area contributed by atoms with Crippen molar-refractivity contribution in [2.24, 2.45) is 0 Å². The minimum atomic E-state index is -0.943. The van der Waals surface area contributed by atoms with E-state index in [-0.39, 0.29) is 0 Å². The van der Waals surface area contributed by atoms with Crippen LogP contribution in [0.3, 0.4) is 0 Å². The lowest BCUT2D eigenvalue weighted by molar-refractivity contribution is -0.0627. The highest BCUT2D eigenvalue weighted by Gasteiger charge is 2.38. The fraction of sp³-hybridized carbons (Fsp3) is 0.471. The van der Waals surface area contributed by atoms with Gasteiger partial charge in [-0.3, -0.25) is 0 Å². The molecule has 22 heavy (non-hydrogen) atoms. The monoisotopic (exact) mass is 302 g/mol. The predicted molar refractivity (Wildman–Crippen MR) is 84.6 cm³/mol. The number of rotatable bonds is 5. The van der Waals surface area contributed by atoms with Gasteiger partial charge in [0.05, 0.1) is 17.9 Å². The first-order valence-corrected chi connectivity index (χ1v) is 7.74. The molecule has 1 aromatic carbocycles. The average Bonchev–Trinajstić information content (AvgIpc) is 3.18. The molecule has 1 unspecified atom stereocenters. The van der Waals surface area contributed by atoms with Crippen LogP contribution in [-0.2, 0) is 0 Å². The molecule has 1 atom stereocenters. The Morgan fingerprint density at radius 3 is 2.82 bits per heavy atom. The van der Waals surface area contributed by atoms with Gasteiger partial charge in [0.1, 0.15) is 6.26 Å². The first-order valence-electron chi connectivity index (χ1n) is 7.74. The van der Waals surface area contributed by atoms with E-state index < -0.39 is 11.7 Å². The van der Waals surface area contributed by atoms with Crippen molar-refractivity contribution >= 4 is 5.69 Å². The van der Waals surface area contributed by atoms with Crippen LogP contribution < -0.4 is 5.32 Å². The molecule has 3 N–H and O–H groups in total. The second kappa shape index (κ2) is 6.10. The quantitative estimate of drug-likeness (QED) is 0.791. The van der Waals surface area contributed by atoms with Gasteiger partial charge in [-0.15, -0.1) is 0 Å². The summed E-state index contributed by atoms with van der Waals surface area (Å²) in [5.74, 6) is 0.580. The van der Waals surface area contributed by atoms with Gasteiger partial charge in [-0.1, -0.05) is 18.9 Å². The van der Waals surface area contributed by atoms with E-state index in [4.69, 9.17) is 4.42 Å². The molecule has 0 radical (unpaired) electrons. The zero-order valence-electron chi connectivity index (χ0n) is 12.7. The number of anilines is 1. The summed E-state index contributed by atoms with van der Waals surface area (Å²) in [5, 5.41) is 23.9. The molecule has 118 valence electrons. The highest BCUT2D eigenvalue weighted by atomic mass is 16.3. The van der Waals surface area contributed by atoms with Crippen LogP contribution in [0.15, 0.2) is 35.1 Å². The molecule has 5 nitrogen and oxygen atoms in total. The highest BCUT2D eigenvalue weighted by molar-refractivity contribution is 5.68. The molecular formula is C17H22N2O3. The number of benzene rings is 1. The molecule has 1 heterocycles. The average molecular weight is 302 g/mol. The van der Waals surface area contributed by atoms with Crippen LogP contribution in [-0.4, -0.2) is 33.4 Å². The van der Waals surface area contributed by atoms with Gasteiger partial charge >= 0.3 is 0 Å². The van der Waals surface area contributed by atoms with E-state index in [1.807, 2.05) is 25.1 Å². The van der Waals surface area contributed by atoms with Gasteiger partial charge in [-0.25, -0.2) is 4.98 Å². The van der Waals surface area contributed by atoms with Gasteiger partial charge in [-0.05, 0) is 37.5 Å². The van der Waals surface area contributed by atoms with E-state index >= 15 is 0 Å². The van der Waals surface area contributed by atoms with Crippen LogP contribution >= 0.6 is 0 Å². The second-order valence-corrected chi connectivity index (χ2v) is 6.02. The van der Waals surface area contributed by atoms with Gasteiger partial charge in [0.25, 0.3) is 0 Å². The van der Waals surface area contributed by atoms with Crippen LogP contribution in [0.1, 0.15) is 31.2 Å². The molecule has 0 saturated heterocycles. The minimum absolute atomic E-state index is 0.326. The second-order valence-electron chi connectivity index (χ2n) is 6.02. The van der Waals surface area contributed by atoms with Crippen molar-refractivity contribution in [2.45, 2.75) is 44.3 Å². The van der Waals surface area contributed by atoms with Gasteiger partial charge in [0.15, 0.2) is 0 Å². The summed E-state index contributed by atoms with van der Waals surface area (Å²) in [6.45, 7) is 2.31. The summed E-state index contributed by atoms with van der Waals surface area (Å²) in [4.78, 5) is 4.17. The first kappa shape index (κ1) is 15.1. The highest BCUT2D eigenvalue weighted by Crippen LogP contribution is 2.33. The maximum absolute atomic E-state index is 10.4. The third-order valence-electron chi connectivity index (χ3n) is 4.57. The van der Waals surface area contributed by atoms with Crippen molar-refractivity contribution in [3.8, 4) is 11.5 Å². The number of aliphatic hydroxyl groups is 2. The Kier molecular flexibility index (Phi) is 4.18. The zero-order valence-corrected chi connectivity index (χ0v) is 12.7. The Labute approximate surface area is 130 Å². The molecule has 0 bridgehead atoms. The lowest BCUT2D eigenvalue weighted by atomic mass is 9.94. The van der Waals surface area contributed by atoms with Crippen LogP contribution in [0.4, 0.5) is 5.69 Å². The SMILES string of the molecule is Cc1c(NCC(O)C2(O)CCCC2)cccc1-c1ncco1. The topological polar surface area (TPSA) is 78.5 Å². The van der Waals surface area contributed by atoms with Crippen LogP contribution in [0.2, 0.25) is 0 Å². The van der Waals surface area contributed by atoms with Crippen molar-refractivity contribution in [3.05, 3.63) is 36.2 Å². The summed E-state index contributed by atoms with van der Waals surface area (Å²) >= 11 is 0. The third kappa shape index (κ3) is 2.87. The van der Waals surface area contributed by atoms with Crippen molar-refractivity contribution in [1.82, 2.24) is 4.98 Å². The van der Waals surface area contributed by atoms with Crippen LogP contribution in [0.5, 0.6) is 0 Å². The van der Waals surface area contributed by atoms with Crippen molar-refractivity contribution in [2.75, 3.05) is 11.9 Å². The Morgan fingerprint density at radius 2 is 2.14 bits per heavy atom. The Hall–Kier alpha value is -1.85. The molecule has 0 aliphatic heterocycles. The minimum Gasteiger partial charge on any atom is -0.445 e.